The largest absolute Gasteiger partial charge is 0.469 e. The SMILES string of the molecule is COC(=O)[C@@H]1CC2CC(=O)CC[C@]2(C)[C@H]2CC[C@]3(C)C(=O)CC[C@H]3[C@H]12. The van der Waals surface area contributed by atoms with Gasteiger partial charge >= 0.3 is 5.97 Å². The molecule has 4 aliphatic carbocycles. The van der Waals surface area contributed by atoms with E-state index in [1.165, 1.54) is 7.11 Å². The quantitative estimate of drug-likeness (QED) is 0.681. The number of Topliss-reactive ketones (excluding diaryl/α,β-unsaturated/α-hetero) is 2. The zero-order chi connectivity index (χ0) is 18.0. The number of rotatable bonds is 1. The normalized spacial score (nSPS) is 49.2. The first-order valence-electron chi connectivity index (χ1n) is 9.94. The van der Waals surface area contributed by atoms with Crippen LogP contribution in [0, 0.1) is 40.4 Å². The lowest BCUT2D eigenvalue weighted by molar-refractivity contribution is -0.175. The van der Waals surface area contributed by atoms with Crippen LogP contribution in [-0.2, 0) is 19.1 Å². The Balaban J connectivity index is 1.75. The van der Waals surface area contributed by atoms with Gasteiger partial charge in [0.25, 0.3) is 0 Å². The summed E-state index contributed by atoms with van der Waals surface area (Å²) >= 11 is 0. The van der Waals surface area contributed by atoms with Crippen molar-refractivity contribution in [2.45, 2.75) is 65.2 Å². The first-order chi connectivity index (χ1) is 11.8. The van der Waals surface area contributed by atoms with Crippen LogP contribution in [0.5, 0.6) is 0 Å². The zero-order valence-electron chi connectivity index (χ0n) is 15.7. The maximum Gasteiger partial charge on any atom is 0.308 e. The lowest BCUT2D eigenvalue weighted by atomic mass is 9.43. The summed E-state index contributed by atoms with van der Waals surface area (Å²) in [6.07, 6.45) is 6.55. The van der Waals surface area contributed by atoms with Gasteiger partial charge < -0.3 is 4.74 Å². The van der Waals surface area contributed by atoms with E-state index in [1.807, 2.05) is 0 Å². The molecule has 0 bridgehead atoms. The minimum absolute atomic E-state index is 0.126. The summed E-state index contributed by atoms with van der Waals surface area (Å²) in [5, 5.41) is 0. The maximum absolute atomic E-state index is 12.7. The fourth-order valence-electron chi connectivity index (χ4n) is 7.23. The van der Waals surface area contributed by atoms with Crippen LogP contribution >= 0.6 is 0 Å². The third kappa shape index (κ3) is 2.28. The molecule has 4 fully saturated rings. The van der Waals surface area contributed by atoms with Crippen molar-refractivity contribution < 1.29 is 19.1 Å². The van der Waals surface area contributed by atoms with Crippen LogP contribution in [0.1, 0.15) is 65.2 Å². The van der Waals surface area contributed by atoms with Gasteiger partial charge in [0.1, 0.15) is 11.6 Å². The predicted molar refractivity (Wildman–Crippen MR) is 92.6 cm³/mol. The van der Waals surface area contributed by atoms with Crippen molar-refractivity contribution in [3.05, 3.63) is 0 Å². The number of fused-ring (bicyclic) bond motifs is 5. The number of methoxy groups -OCH3 is 1. The summed E-state index contributed by atoms with van der Waals surface area (Å²) < 4.78 is 5.18. The Morgan fingerprint density at radius 1 is 1.08 bits per heavy atom. The van der Waals surface area contributed by atoms with E-state index in [0.29, 0.717) is 48.6 Å². The number of carbonyl (C=O) groups excluding carboxylic acids is 3. The monoisotopic (exact) mass is 346 g/mol. The molecule has 0 aromatic carbocycles. The third-order valence-corrected chi connectivity index (χ3v) is 8.74. The summed E-state index contributed by atoms with van der Waals surface area (Å²) in [4.78, 5) is 37.3. The van der Waals surface area contributed by atoms with E-state index in [2.05, 4.69) is 13.8 Å². The topological polar surface area (TPSA) is 60.4 Å². The second kappa shape index (κ2) is 5.65. The van der Waals surface area contributed by atoms with Crippen LogP contribution in [0.4, 0.5) is 0 Å². The first-order valence-corrected chi connectivity index (χ1v) is 9.94. The van der Waals surface area contributed by atoms with E-state index in [-0.39, 0.29) is 28.6 Å². The van der Waals surface area contributed by atoms with Crippen LogP contribution in [0.25, 0.3) is 0 Å². The Morgan fingerprint density at radius 3 is 2.56 bits per heavy atom. The molecular weight excluding hydrogens is 316 g/mol. The average Bonchev–Trinajstić information content (AvgIpc) is 2.89. The standard InChI is InChI=1S/C21H30O4/c1-20-8-6-13(22)10-12(20)11-14(19(24)25-3)18-15-4-5-17(23)21(15,2)9-7-16(18)20/h12,14-16,18H,4-11H2,1-3H3/t12?,14-,15+,16+,18+,20+,21+/m1/s1. The van der Waals surface area contributed by atoms with Crippen LogP contribution < -0.4 is 0 Å². The van der Waals surface area contributed by atoms with Crippen molar-refractivity contribution in [3.8, 4) is 0 Å². The molecule has 0 saturated heterocycles. The van der Waals surface area contributed by atoms with Gasteiger partial charge in [-0.05, 0) is 61.2 Å². The van der Waals surface area contributed by atoms with Crippen molar-refractivity contribution in [3.63, 3.8) is 0 Å². The summed E-state index contributed by atoms with van der Waals surface area (Å²) in [7, 11) is 1.47. The first kappa shape index (κ1) is 17.2. The molecule has 0 amide bonds. The number of hydrogen-bond acceptors (Lipinski definition) is 4. The minimum atomic E-state index is -0.249. The lowest BCUT2D eigenvalue weighted by Crippen LogP contribution is -2.58. The smallest absolute Gasteiger partial charge is 0.308 e. The molecule has 0 spiro atoms. The zero-order valence-corrected chi connectivity index (χ0v) is 15.7. The minimum Gasteiger partial charge on any atom is -0.469 e. The highest BCUT2D eigenvalue weighted by molar-refractivity contribution is 5.87. The van der Waals surface area contributed by atoms with E-state index in [9.17, 15) is 14.4 Å². The molecule has 0 aliphatic heterocycles. The van der Waals surface area contributed by atoms with Crippen LogP contribution in [-0.4, -0.2) is 24.6 Å². The molecule has 7 atom stereocenters. The van der Waals surface area contributed by atoms with Crippen LogP contribution in [0.3, 0.4) is 0 Å². The molecular formula is C21H30O4. The molecule has 0 aromatic heterocycles. The molecule has 4 heteroatoms. The summed E-state index contributed by atoms with van der Waals surface area (Å²) in [5.41, 5.74) is -0.114. The molecule has 4 nitrogen and oxygen atoms in total. The Hall–Kier alpha value is -1.19. The molecule has 4 aliphatic rings. The predicted octanol–water partition coefficient (Wildman–Crippen LogP) is 3.57. The van der Waals surface area contributed by atoms with Gasteiger partial charge in [0, 0.05) is 24.7 Å². The fourth-order valence-corrected chi connectivity index (χ4v) is 7.23. The summed E-state index contributed by atoms with van der Waals surface area (Å²) in [5.74, 6) is 1.75. The van der Waals surface area contributed by atoms with E-state index < -0.39 is 0 Å². The lowest BCUT2D eigenvalue weighted by Gasteiger charge is -2.61. The van der Waals surface area contributed by atoms with E-state index >= 15 is 0 Å². The number of esters is 1. The molecule has 4 rings (SSSR count). The summed E-state index contributed by atoms with van der Waals surface area (Å²) in [6, 6.07) is 0. The van der Waals surface area contributed by atoms with Gasteiger partial charge in [0.15, 0.2) is 0 Å². The highest BCUT2D eigenvalue weighted by Gasteiger charge is 2.63. The molecule has 1 unspecified atom stereocenters. The third-order valence-electron chi connectivity index (χ3n) is 8.74. The highest BCUT2D eigenvalue weighted by Crippen LogP contribution is 2.66. The second-order valence-electron chi connectivity index (χ2n) is 9.52. The Kier molecular flexibility index (Phi) is 3.90. The van der Waals surface area contributed by atoms with Crippen molar-refractivity contribution in [2.24, 2.45) is 40.4 Å². The average molecular weight is 346 g/mol. The van der Waals surface area contributed by atoms with Crippen molar-refractivity contribution >= 4 is 17.5 Å². The maximum atomic E-state index is 12.7. The number of carbonyl (C=O) groups is 3. The van der Waals surface area contributed by atoms with E-state index in [4.69, 9.17) is 4.74 Å². The van der Waals surface area contributed by atoms with Gasteiger partial charge in [-0.1, -0.05) is 13.8 Å². The number of ketones is 2. The van der Waals surface area contributed by atoms with Gasteiger partial charge in [0.2, 0.25) is 0 Å². The molecule has 25 heavy (non-hydrogen) atoms. The van der Waals surface area contributed by atoms with Crippen molar-refractivity contribution in [1.29, 1.82) is 0 Å². The Bertz CT molecular complexity index is 625. The molecule has 0 N–H and O–H groups in total. The molecule has 4 saturated carbocycles. The summed E-state index contributed by atoms with van der Waals surface area (Å²) in [6.45, 7) is 4.49. The molecule has 138 valence electrons. The second-order valence-corrected chi connectivity index (χ2v) is 9.52. The molecule has 0 radical (unpaired) electrons. The van der Waals surface area contributed by atoms with E-state index in [0.717, 1.165) is 32.1 Å². The molecule has 0 aromatic rings. The van der Waals surface area contributed by atoms with Crippen molar-refractivity contribution in [2.75, 3.05) is 7.11 Å². The Labute approximate surface area is 150 Å². The highest BCUT2D eigenvalue weighted by atomic mass is 16.5. The van der Waals surface area contributed by atoms with Gasteiger partial charge in [-0.25, -0.2) is 0 Å². The molecule has 0 heterocycles. The van der Waals surface area contributed by atoms with Crippen molar-refractivity contribution in [1.82, 2.24) is 0 Å². The van der Waals surface area contributed by atoms with E-state index in [1.54, 1.807) is 0 Å². The van der Waals surface area contributed by atoms with Gasteiger partial charge in [-0.3, -0.25) is 14.4 Å². The fraction of sp³-hybridized carbons (Fsp3) is 0.857. The van der Waals surface area contributed by atoms with Crippen LogP contribution in [0.2, 0.25) is 0 Å². The Morgan fingerprint density at radius 2 is 1.84 bits per heavy atom. The number of ether oxygens (including phenoxy) is 1. The van der Waals surface area contributed by atoms with Gasteiger partial charge in [-0.15, -0.1) is 0 Å². The number of hydrogen-bond donors (Lipinski definition) is 0. The van der Waals surface area contributed by atoms with Gasteiger partial charge in [0.05, 0.1) is 13.0 Å². The van der Waals surface area contributed by atoms with Crippen LogP contribution in [0.15, 0.2) is 0 Å². The van der Waals surface area contributed by atoms with Gasteiger partial charge in [-0.2, -0.15) is 0 Å².